The van der Waals surface area contributed by atoms with Gasteiger partial charge in [-0.05, 0) is 55.1 Å². The Kier molecular flexibility index (Phi) is 5.72. The van der Waals surface area contributed by atoms with Gasteiger partial charge < -0.3 is 24.5 Å². The number of carbonyl (C=O) groups excluding carboxylic acids is 1. The van der Waals surface area contributed by atoms with E-state index in [2.05, 4.69) is 26.1 Å². The third kappa shape index (κ3) is 3.56. The number of hydrogen-bond acceptors (Lipinski definition) is 6. The number of amides is 1. The highest BCUT2D eigenvalue weighted by Crippen LogP contribution is 2.65. The van der Waals surface area contributed by atoms with E-state index in [0.29, 0.717) is 17.4 Å². The highest BCUT2D eigenvalue weighted by Gasteiger charge is 2.68. The van der Waals surface area contributed by atoms with Gasteiger partial charge >= 0.3 is 13.1 Å². The van der Waals surface area contributed by atoms with Gasteiger partial charge in [0.25, 0.3) is 0 Å². The predicted molar refractivity (Wildman–Crippen MR) is 116 cm³/mol. The van der Waals surface area contributed by atoms with E-state index in [4.69, 9.17) is 19.3 Å². The molecule has 3 saturated carbocycles. The fourth-order valence-corrected chi connectivity index (χ4v) is 6.01. The molecule has 1 aliphatic heterocycles. The Morgan fingerprint density at radius 2 is 2.12 bits per heavy atom. The number of aromatic carboxylic acids is 1. The molecule has 32 heavy (non-hydrogen) atoms. The number of hydrogen-bond donors (Lipinski definition) is 2. The first-order chi connectivity index (χ1) is 15.1. The maximum Gasteiger partial charge on any atom is 0.482 e. The van der Waals surface area contributed by atoms with Crippen LogP contribution in [-0.2, 0) is 20.5 Å². The number of carbonyl (C=O) groups is 2. The van der Waals surface area contributed by atoms with Gasteiger partial charge in [-0.1, -0.05) is 26.0 Å². The molecule has 1 heterocycles. The molecule has 5 unspecified atom stereocenters. The van der Waals surface area contributed by atoms with Gasteiger partial charge in [-0.2, -0.15) is 5.26 Å². The van der Waals surface area contributed by atoms with E-state index in [0.717, 1.165) is 12.8 Å². The minimum atomic E-state index is -1.09. The van der Waals surface area contributed by atoms with Crippen LogP contribution >= 0.6 is 0 Å². The zero-order chi connectivity index (χ0) is 23.3. The van der Waals surface area contributed by atoms with Crippen molar-refractivity contribution in [1.82, 2.24) is 5.32 Å². The van der Waals surface area contributed by atoms with Crippen LogP contribution in [0, 0.1) is 28.6 Å². The lowest BCUT2D eigenvalue weighted by atomic mass is 9.43. The number of rotatable bonds is 7. The molecular formula is C23H29BN2O6. The summed E-state index contributed by atoms with van der Waals surface area (Å²) in [6, 6.07) is 6.74. The average molecular weight is 440 g/mol. The number of carboxylic acids is 1. The Morgan fingerprint density at radius 1 is 1.38 bits per heavy atom. The molecule has 4 fully saturated rings. The lowest BCUT2D eigenvalue weighted by Gasteiger charge is -2.64. The summed E-state index contributed by atoms with van der Waals surface area (Å²) < 4.78 is 18.3. The van der Waals surface area contributed by atoms with Gasteiger partial charge in [0.15, 0.2) is 0 Å². The van der Waals surface area contributed by atoms with Crippen LogP contribution in [0.3, 0.4) is 0 Å². The van der Waals surface area contributed by atoms with Gasteiger partial charge in [-0.3, -0.25) is 4.79 Å². The first-order valence-electron chi connectivity index (χ1n) is 11.0. The zero-order valence-corrected chi connectivity index (χ0v) is 18.9. The number of nitrogens with zero attached hydrogens (tertiary/aromatic N) is 1. The van der Waals surface area contributed by atoms with Crippen LogP contribution in [0.4, 0.5) is 0 Å². The number of ether oxygens (including phenoxy) is 1. The number of methoxy groups -OCH3 is 1. The normalized spacial score (nSPS) is 30.5. The van der Waals surface area contributed by atoms with Crippen molar-refractivity contribution in [2.75, 3.05) is 7.11 Å². The lowest BCUT2D eigenvalue weighted by molar-refractivity contribution is -0.199. The van der Waals surface area contributed by atoms with Crippen LogP contribution in [0.1, 0.15) is 56.0 Å². The van der Waals surface area contributed by atoms with Gasteiger partial charge in [0, 0.05) is 0 Å². The Labute approximate surface area is 188 Å². The number of carboxylic acid groups (broad SMARTS) is 1. The molecule has 2 bridgehead atoms. The molecule has 1 amide bonds. The van der Waals surface area contributed by atoms with E-state index >= 15 is 0 Å². The molecule has 170 valence electrons. The van der Waals surface area contributed by atoms with Crippen molar-refractivity contribution in [2.45, 2.75) is 64.1 Å². The molecule has 9 heteroatoms. The monoisotopic (exact) mass is 440 g/mol. The Bertz CT molecular complexity index is 976. The molecule has 1 aromatic rings. The second-order valence-corrected chi connectivity index (χ2v) is 9.85. The van der Waals surface area contributed by atoms with Crippen molar-refractivity contribution in [1.29, 1.82) is 5.26 Å². The number of nitriles is 1. The molecule has 0 spiro atoms. The second kappa shape index (κ2) is 8.09. The van der Waals surface area contributed by atoms with E-state index in [1.54, 1.807) is 12.1 Å². The third-order valence-corrected chi connectivity index (χ3v) is 7.85. The summed E-state index contributed by atoms with van der Waals surface area (Å²) >= 11 is 0. The Morgan fingerprint density at radius 3 is 2.75 bits per heavy atom. The smallest absolute Gasteiger partial charge is 0.482 e. The van der Waals surface area contributed by atoms with Crippen LogP contribution in [0.15, 0.2) is 18.2 Å². The third-order valence-electron chi connectivity index (χ3n) is 7.85. The molecule has 1 saturated heterocycles. The summed E-state index contributed by atoms with van der Waals surface area (Å²) in [7, 11) is 0.711. The van der Waals surface area contributed by atoms with Crippen LogP contribution < -0.4 is 10.1 Å². The fourth-order valence-electron chi connectivity index (χ4n) is 6.01. The van der Waals surface area contributed by atoms with Crippen molar-refractivity contribution in [3.05, 3.63) is 29.3 Å². The van der Waals surface area contributed by atoms with Gasteiger partial charge in [-0.15, -0.1) is 0 Å². The highest BCUT2D eigenvalue weighted by atomic mass is 16.7. The van der Waals surface area contributed by atoms with Gasteiger partial charge in [0.05, 0.1) is 30.8 Å². The Hall–Kier alpha value is -2.57. The van der Waals surface area contributed by atoms with Gasteiger partial charge in [0.1, 0.15) is 17.7 Å². The minimum Gasteiger partial charge on any atom is -0.496 e. The molecule has 5 atom stereocenters. The molecule has 0 radical (unpaired) electrons. The van der Waals surface area contributed by atoms with Crippen molar-refractivity contribution >= 4 is 19.0 Å². The first kappa shape index (κ1) is 22.6. The molecule has 1 aromatic carbocycles. The van der Waals surface area contributed by atoms with E-state index in [1.165, 1.54) is 13.2 Å². The summed E-state index contributed by atoms with van der Waals surface area (Å²) in [5.74, 6) is -0.928. The van der Waals surface area contributed by atoms with Gasteiger partial charge in [-0.25, -0.2) is 4.79 Å². The SMILES string of the molecule is COc1c(CC(NC(=O)CC#N)B2OC3CC4CC(C4(C)C)C3(C)O2)cccc1C(=O)O. The predicted octanol–water partition coefficient (Wildman–Crippen LogP) is 2.60. The minimum absolute atomic E-state index is 0.0450. The molecule has 3 aliphatic carbocycles. The molecular weight excluding hydrogens is 411 g/mol. The Balaban J connectivity index is 1.62. The molecule has 0 aromatic heterocycles. The maximum absolute atomic E-state index is 12.3. The van der Waals surface area contributed by atoms with Crippen molar-refractivity contribution in [2.24, 2.45) is 17.3 Å². The van der Waals surface area contributed by atoms with Crippen LogP contribution in [0.2, 0.25) is 0 Å². The van der Waals surface area contributed by atoms with Crippen LogP contribution in [0.25, 0.3) is 0 Å². The molecule has 4 aliphatic rings. The van der Waals surface area contributed by atoms with E-state index < -0.39 is 30.5 Å². The summed E-state index contributed by atoms with van der Waals surface area (Å²) in [5, 5.41) is 21.3. The summed E-state index contributed by atoms with van der Waals surface area (Å²) in [6.45, 7) is 6.65. The fraction of sp³-hybridized carbons (Fsp3) is 0.609. The van der Waals surface area contributed by atoms with E-state index in [9.17, 15) is 14.7 Å². The van der Waals surface area contributed by atoms with Crippen molar-refractivity contribution < 1.29 is 28.7 Å². The quantitative estimate of drug-likeness (QED) is 0.626. The second-order valence-electron chi connectivity index (χ2n) is 9.85. The van der Waals surface area contributed by atoms with Crippen LogP contribution in [0.5, 0.6) is 5.75 Å². The number of benzene rings is 1. The molecule has 5 rings (SSSR count). The standard InChI is InChI=1S/C23H29BN2O6/c1-22(2)14-11-16(22)23(3)17(12-14)31-24(32-23)18(26-19(27)8-9-25)10-13-6-5-7-15(21(28)29)20(13)30-4/h5-7,14,16-18H,8,10-12H2,1-4H3,(H,26,27)(H,28,29). The summed E-state index contributed by atoms with van der Waals surface area (Å²) in [5.41, 5.74) is 0.394. The highest BCUT2D eigenvalue weighted by molar-refractivity contribution is 6.48. The van der Waals surface area contributed by atoms with Crippen molar-refractivity contribution in [3.63, 3.8) is 0 Å². The lowest BCUT2D eigenvalue weighted by Crippen LogP contribution is -2.65. The average Bonchev–Trinajstić information content (AvgIpc) is 3.10. The van der Waals surface area contributed by atoms with Crippen molar-refractivity contribution in [3.8, 4) is 11.8 Å². The number of nitrogens with one attached hydrogen (secondary N) is 1. The molecule has 8 nitrogen and oxygen atoms in total. The maximum atomic E-state index is 12.3. The van der Waals surface area contributed by atoms with E-state index in [-0.39, 0.29) is 35.7 Å². The van der Waals surface area contributed by atoms with E-state index in [1.807, 2.05) is 6.07 Å². The zero-order valence-electron chi connectivity index (χ0n) is 18.9. The number of para-hydroxylation sites is 1. The van der Waals surface area contributed by atoms with Crippen LogP contribution in [-0.4, -0.2) is 48.9 Å². The molecule has 2 N–H and O–H groups in total. The largest absolute Gasteiger partial charge is 0.496 e. The topological polar surface area (TPSA) is 118 Å². The van der Waals surface area contributed by atoms with Gasteiger partial charge in [0.2, 0.25) is 5.91 Å². The summed E-state index contributed by atoms with van der Waals surface area (Å²) in [6.07, 6.45) is 1.91. The first-order valence-corrected chi connectivity index (χ1v) is 11.0. The summed E-state index contributed by atoms with van der Waals surface area (Å²) in [4.78, 5) is 23.9.